The lowest BCUT2D eigenvalue weighted by molar-refractivity contribution is -0.121. The van der Waals surface area contributed by atoms with Gasteiger partial charge in [0.05, 0.1) is 19.6 Å². The van der Waals surface area contributed by atoms with E-state index in [-0.39, 0.29) is 23.9 Å². The van der Waals surface area contributed by atoms with Crippen molar-refractivity contribution in [2.24, 2.45) is 0 Å². The van der Waals surface area contributed by atoms with Gasteiger partial charge in [-0.1, -0.05) is 49.6 Å². The second kappa shape index (κ2) is 9.40. The van der Waals surface area contributed by atoms with Gasteiger partial charge >= 0.3 is 0 Å². The van der Waals surface area contributed by atoms with Crippen LogP contribution in [0.25, 0.3) is 0 Å². The van der Waals surface area contributed by atoms with Crippen molar-refractivity contribution in [1.29, 1.82) is 0 Å². The first-order valence-corrected chi connectivity index (χ1v) is 8.92. The van der Waals surface area contributed by atoms with Crippen LogP contribution in [0.3, 0.4) is 0 Å². The zero-order valence-electron chi connectivity index (χ0n) is 14.3. The van der Waals surface area contributed by atoms with Crippen LogP contribution in [-0.2, 0) is 16.0 Å². The number of carbonyl (C=O) groups excluding carboxylic acids is 1. The van der Waals surface area contributed by atoms with Gasteiger partial charge in [0.1, 0.15) is 0 Å². The highest BCUT2D eigenvalue weighted by Gasteiger charge is 2.38. The molecule has 24 heavy (non-hydrogen) atoms. The van der Waals surface area contributed by atoms with Crippen LogP contribution in [0.4, 0.5) is 0 Å². The average Bonchev–Trinajstić information content (AvgIpc) is 2.62. The summed E-state index contributed by atoms with van der Waals surface area (Å²) in [4.78, 5) is 14.9. The zero-order valence-corrected chi connectivity index (χ0v) is 15.2. The second-order valence-corrected chi connectivity index (χ2v) is 6.82. The highest BCUT2D eigenvalue weighted by molar-refractivity contribution is 5.85. The number of nitrogens with zero attached hydrogens (tertiary/aromatic N) is 1. The Bertz CT molecular complexity index is 497. The number of hydrogen-bond donors (Lipinski definition) is 1. The van der Waals surface area contributed by atoms with Crippen molar-refractivity contribution in [3.8, 4) is 0 Å². The average molecular weight is 353 g/mol. The molecule has 2 aliphatic rings. The van der Waals surface area contributed by atoms with Crippen molar-refractivity contribution in [1.82, 2.24) is 10.2 Å². The van der Waals surface area contributed by atoms with E-state index in [0.717, 1.165) is 38.4 Å². The molecule has 1 aromatic rings. The Morgan fingerprint density at radius 3 is 2.42 bits per heavy atom. The van der Waals surface area contributed by atoms with Crippen LogP contribution in [0, 0.1) is 0 Å². The standard InChI is InChI=1S/C19H28N2O2.ClH/c22-18(15-17-7-3-1-4-8-17)20-16-19(9-5-2-6-10-19)21-11-13-23-14-12-21;/h1,3-4,7-8H,2,5-6,9-16H2,(H,20,22);1H. The normalized spacial score (nSPS) is 20.8. The van der Waals surface area contributed by atoms with Crippen LogP contribution in [-0.4, -0.2) is 49.2 Å². The molecule has 5 heteroatoms. The summed E-state index contributed by atoms with van der Waals surface area (Å²) in [5, 5.41) is 3.22. The summed E-state index contributed by atoms with van der Waals surface area (Å²) < 4.78 is 5.51. The number of hydrogen-bond acceptors (Lipinski definition) is 3. The second-order valence-electron chi connectivity index (χ2n) is 6.82. The van der Waals surface area contributed by atoms with Gasteiger partial charge in [0.15, 0.2) is 0 Å². The molecule has 0 atom stereocenters. The minimum Gasteiger partial charge on any atom is -0.379 e. The Morgan fingerprint density at radius 1 is 1.08 bits per heavy atom. The molecule has 134 valence electrons. The predicted molar refractivity (Wildman–Crippen MR) is 98.6 cm³/mol. The molecule has 1 saturated carbocycles. The van der Waals surface area contributed by atoms with E-state index >= 15 is 0 Å². The summed E-state index contributed by atoms with van der Waals surface area (Å²) in [6.45, 7) is 4.40. The predicted octanol–water partition coefficient (Wildman–Crippen LogP) is 2.80. The number of rotatable bonds is 5. The zero-order chi connectivity index (χ0) is 16.0. The van der Waals surface area contributed by atoms with Gasteiger partial charge in [0, 0.05) is 25.2 Å². The van der Waals surface area contributed by atoms with Crippen molar-refractivity contribution >= 4 is 18.3 Å². The maximum atomic E-state index is 12.3. The van der Waals surface area contributed by atoms with E-state index in [4.69, 9.17) is 4.74 Å². The number of amides is 1. The minimum atomic E-state index is 0. The van der Waals surface area contributed by atoms with Gasteiger partial charge in [-0.15, -0.1) is 12.4 Å². The highest BCUT2D eigenvalue weighted by atomic mass is 35.5. The summed E-state index contributed by atoms with van der Waals surface area (Å²) in [5.41, 5.74) is 1.23. The maximum Gasteiger partial charge on any atom is 0.224 e. The minimum absolute atomic E-state index is 0. The molecule has 1 amide bonds. The molecular formula is C19H29ClN2O2. The molecule has 0 radical (unpaired) electrons. The van der Waals surface area contributed by atoms with Crippen molar-refractivity contribution < 1.29 is 9.53 Å². The first-order chi connectivity index (χ1) is 11.3. The van der Waals surface area contributed by atoms with Crippen molar-refractivity contribution in [2.45, 2.75) is 44.1 Å². The Hall–Kier alpha value is -1.10. The molecule has 1 aliphatic carbocycles. The summed E-state index contributed by atoms with van der Waals surface area (Å²) in [6.07, 6.45) is 6.72. The first kappa shape index (κ1) is 19.2. The van der Waals surface area contributed by atoms with Crippen LogP contribution in [0.1, 0.15) is 37.7 Å². The van der Waals surface area contributed by atoms with Crippen LogP contribution >= 0.6 is 12.4 Å². The lowest BCUT2D eigenvalue weighted by Gasteiger charge is -2.48. The number of morpholine rings is 1. The third kappa shape index (κ3) is 4.95. The Kier molecular flexibility index (Phi) is 7.53. The molecule has 0 unspecified atom stereocenters. The van der Waals surface area contributed by atoms with E-state index in [0.29, 0.717) is 6.42 Å². The van der Waals surface area contributed by atoms with E-state index in [9.17, 15) is 4.79 Å². The molecular weight excluding hydrogens is 324 g/mol. The molecule has 0 bridgehead atoms. The van der Waals surface area contributed by atoms with Gasteiger partial charge < -0.3 is 10.1 Å². The summed E-state index contributed by atoms with van der Waals surface area (Å²) in [7, 11) is 0. The molecule has 1 aliphatic heterocycles. The van der Waals surface area contributed by atoms with Crippen molar-refractivity contribution in [3.05, 3.63) is 35.9 Å². The first-order valence-electron chi connectivity index (χ1n) is 8.92. The molecule has 2 fully saturated rings. The number of nitrogens with one attached hydrogen (secondary N) is 1. The molecule has 1 saturated heterocycles. The van der Waals surface area contributed by atoms with Crippen molar-refractivity contribution in [2.75, 3.05) is 32.8 Å². The lowest BCUT2D eigenvalue weighted by atomic mass is 9.79. The van der Waals surface area contributed by atoms with Crippen LogP contribution in [0.15, 0.2) is 30.3 Å². The van der Waals surface area contributed by atoms with Gasteiger partial charge in [-0.25, -0.2) is 0 Å². The van der Waals surface area contributed by atoms with Crippen molar-refractivity contribution in [3.63, 3.8) is 0 Å². The van der Waals surface area contributed by atoms with Crippen LogP contribution < -0.4 is 5.32 Å². The topological polar surface area (TPSA) is 41.6 Å². The van der Waals surface area contributed by atoms with Crippen LogP contribution in [0.5, 0.6) is 0 Å². The van der Waals surface area contributed by atoms with Gasteiger partial charge in [0.25, 0.3) is 0 Å². The lowest BCUT2D eigenvalue weighted by Crippen LogP contribution is -2.59. The van der Waals surface area contributed by atoms with Gasteiger partial charge in [-0.2, -0.15) is 0 Å². The van der Waals surface area contributed by atoms with E-state index in [1.807, 2.05) is 30.3 Å². The molecule has 4 nitrogen and oxygen atoms in total. The fourth-order valence-corrected chi connectivity index (χ4v) is 3.96. The number of halogens is 1. The molecule has 0 aromatic heterocycles. The molecule has 1 heterocycles. The highest BCUT2D eigenvalue weighted by Crippen LogP contribution is 2.33. The number of carbonyl (C=O) groups is 1. The quantitative estimate of drug-likeness (QED) is 0.886. The number of ether oxygens (including phenoxy) is 1. The molecule has 3 rings (SSSR count). The molecule has 1 N–H and O–H groups in total. The SMILES string of the molecule is Cl.O=C(Cc1ccccc1)NCC1(N2CCOCC2)CCCCC1. The van der Waals surface area contributed by atoms with E-state index in [2.05, 4.69) is 10.2 Å². The Morgan fingerprint density at radius 2 is 1.75 bits per heavy atom. The third-order valence-electron chi connectivity index (χ3n) is 5.29. The summed E-state index contributed by atoms with van der Waals surface area (Å²) in [5.74, 6) is 0.134. The Labute approximate surface area is 151 Å². The summed E-state index contributed by atoms with van der Waals surface area (Å²) >= 11 is 0. The fourth-order valence-electron chi connectivity index (χ4n) is 3.96. The molecule has 1 aromatic carbocycles. The van der Waals surface area contributed by atoms with E-state index in [1.165, 1.54) is 32.1 Å². The monoisotopic (exact) mass is 352 g/mol. The third-order valence-corrected chi connectivity index (χ3v) is 5.29. The van der Waals surface area contributed by atoms with E-state index < -0.39 is 0 Å². The largest absolute Gasteiger partial charge is 0.379 e. The number of benzene rings is 1. The van der Waals surface area contributed by atoms with Crippen LogP contribution in [0.2, 0.25) is 0 Å². The molecule has 0 spiro atoms. The smallest absolute Gasteiger partial charge is 0.224 e. The van der Waals surface area contributed by atoms with Gasteiger partial charge in [0.2, 0.25) is 5.91 Å². The fraction of sp³-hybridized carbons (Fsp3) is 0.632. The van der Waals surface area contributed by atoms with Gasteiger partial charge in [-0.05, 0) is 18.4 Å². The van der Waals surface area contributed by atoms with Gasteiger partial charge in [-0.3, -0.25) is 9.69 Å². The van der Waals surface area contributed by atoms with E-state index in [1.54, 1.807) is 0 Å². The summed E-state index contributed by atoms with van der Waals surface area (Å²) in [6, 6.07) is 9.98. The maximum absolute atomic E-state index is 12.3. The Balaban J connectivity index is 0.00000208.